The molecule has 0 spiro atoms. The lowest BCUT2D eigenvalue weighted by Gasteiger charge is -2.12. The quantitative estimate of drug-likeness (QED) is 0.579. The standard InChI is InChI=1S/C12H16N2O3/c15-9-12(4-5-12)8-13-7-10-2-1-3-11(6-10)14(16)17/h1-3,6,13,15H,4-5,7-9H2. The van der Waals surface area contributed by atoms with Crippen LogP contribution in [0.1, 0.15) is 18.4 Å². The number of nitro benzene ring substituents is 1. The van der Waals surface area contributed by atoms with E-state index in [0.29, 0.717) is 6.54 Å². The molecule has 0 radical (unpaired) electrons. The van der Waals surface area contributed by atoms with Gasteiger partial charge in [-0.05, 0) is 18.4 Å². The Balaban J connectivity index is 1.86. The first kappa shape index (κ1) is 12.0. The molecule has 2 N–H and O–H groups in total. The van der Waals surface area contributed by atoms with Crippen molar-refractivity contribution in [2.75, 3.05) is 13.2 Å². The number of aliphatic hydroxyl groups is 1. The Kier molecular flexibility index (Phi) is 3.40. The Bertz CT molecular complexity index is 416. The van der Waals surface area contributed by atoms with Crippen molar-refractivity contribution in [2.45, 2.75) is 19.4 Å². The molecule has 1 aliphatic carbocycles. The molecule has 1 saturated carbocycles. The smallest absolute Gasteiger partial charge is 0.269 e. The number of rotatable bonds is 6. The molecule has 0 saturated heterocycles. The molecule has 1 aromatic carbocycles. The molecule has 2 rings (SSSR count). The van der Waals surface area contributed by atoms with Crippen LogP contribution >= 0.6 is 0 Å². The lowest BCUT2D eigenvalue weighted by atomic mass is 10.1. The van der Waals surface area contributed by atoms with Crippen LogP contribution in [0, 0.1) is 15.5 Å². The zero-order valence-corrected chi connectivity index (χ0v) is 9.56. The van der Waals surface area contributed by atoms with E-state index >= 15 is 0 Å². The van der Waals surface area contributed by atoms with Crippen molar-refractivity contribution in [3.8, 4) is 0 Å². The second-order valence-corrected chi connectivity index (χ2v) is 4.69. The highest BCUT2D eigenvalue weighted by Crippen LogP contribution is 2.44. The Labute approximate surface area is 99.6 Å². The fourth-order valence-corrected chi connectivity index (χ4v) is 1.82. The van der Waals surface area contributed by atoms with Gasteiger partial charge >= 0.3 is 0 Å². The number of hydrogen-bond acceptors (Lipinski definition) is 4. The van der Waals surface area contributed by atoms with E-state index in [4.69, 9.17) is 5.11 Å². The van der Waals surface area contributed by atoms with E-state index in [1.807, 2.05) is 6.07 Å². The van der Waals surface area contributed by atoms with Crippen molar-refractivity contribution in [3.63, 3.8) is 0 Å². The third-order valence-electron chi connectivity index (χ3n) is 3.24. The summed E-state index contributed by atoms with van der Waals surface area (Å²) in [4.78, 5) is 10.2. The first-order valence-corrected chi connectivity index (χ1v) is 5.70. The third-order valence-corrected chi connectivity index (χ3v) is 3.24. The van der Waals surface area contributed by atoms with Crippen molar-refractivity contribution in [3.05, 3.63) is 39.9 Å². The summed E-state index contributed by atoms with van der Waals surface area (Å²) >= 11 is 0. The van der Waals surface area contributed by atoms with Crippen LogP contribution in [0.2, 0.25) is 0 Å². The van der Waals surface area contributed by atoms with E-state index in [2.05, 4.69) is 5.32 Å². The van der Waals surface area contributed by atoms with Gasteiger partial charge in [-0.1, -0.05) is 12.1 Å². The molecule has 0 amide bonds. The average Bonchev–Trinajstić information content (AvgIpc) is 3.10. The largest absolute Gasteiger partial charge is 0.396 e. The summed E-state index contributed by atoms with van der Waals surface area (Å²) in [5.74, 6) is 0. The molecule has 1 fully saturated rings. The maximum absolute atomic E-state index is 10.6. The van der Waals surface area contributed by atoms with Crippen LogP contribution in [0.4, 0.5) is 5.69 Å². The number of hydrogen-bond donors (Lipinski definition) is 2. The van der Waals surface area contributed by atoms with Crippen LogP contribution in [0.15, 0.2) is 24.3 Å². The van der Waals surface area contributed by atoms with Crippen LogP contribution in [-0.2, 0) is 6.54 Å². The maximum Gasteiger partial charge on any atom is 0.269 e. The van der Waals surface area contributed by atoms with Crippen LogP contribution < -0.4 is 5.32 Å². The zero-order valence-electron chi connectivity index (χ0n) is 9.56. The first-order chi connectivity index (χ1) is 8.15. The summed E-state index contributed by atoms with van der Waals surface area (Å²) in [7, 11) is 0. The Morgan fingerprint density at radius 1 is 1.47 bits per heavy atom. The summed E-state index contributed by atoms with van der Waals surface area (Å²) in [5, 5.41) is 23.0. The molecule has 17 heavy (non-hydrogen) atoms. The lowest BCUT2D eigenvalue weighted by molar-refractivity contribution is -0.384. The van der Waals surface area contributed by atoms with E-state index in [-0.39, 0.29) is 22.6 Å². The van der Waals surface area contributed by atoms with E-state index in [0.717, 1.165) is 24.9 Å². The number of non-ortho nitro benzene ring substituents is 1. The molecule has 5 heteroatoms. The molecule has 1 aromatic rings. The number of nitro groups is 1. The minimum Gasteiger partial charge on any atom is -0.396 e. The fraction of sp³-hybridized carbons (Fsp3) is 0.500. The third kappa shape index (κ3) is 3.01. The van der Waals surface area contributed by atoms with Crippen LogP contribution in [0.3, 0.4) is 0 Å². The van der Waals surface area contributed by atoms with Crippen molar-refractivity contribution >= 4 is 5.69 Å². The van der Waals surface area contributed by atoms with Crippen molar-refractivity contribution < 1.29 is 10.0 Å². The number of benzene rings is 1. The van der Waals surface area contributed by atoms with Gasteiger partial charge in [-0.25, -0.2) is 0 Å². The van der Waals surface area contributed by atoms with Gasteiger partial charge in [0.15, 0.2) is 0 Å². The second-order valence-electron chi connectivity index (χ2n) is 4.69. The van der Waals surface area contributed by atoms with Gasteiger partial charge in [0, 0.05) is 37.2 Å². The zero-order chi connectivity index (χ0) is 12.3. The topological polar surface area (TPSA) is 75.4 Å². The summed E-state index contributed by atoms with van der Waals surface area (Å²) in [6, 6.07) is 6.61. The lowest BCUT2D eigenvalue weighted by Crippen LogP contribution is -2.26. The van der Waals surface area contributed by atoms with E-state index in [1.165, 1.54) is 6.07 Å². The van der Waals surface area contributed by atoms with Crippen LogP contribution in [0.25, 0.3) is 0 Å². The molecule has 0 aromatic heterocycles. The molecular formula is C12H16N2O3. The molecule has 0 bridgehead atoms. The van der Waals surface area contributed by atoms with Gasteiger partial charge in [-0.3, -0.25) is 10.1 Å². The van der Waals surface area contributed by atoms with Gasteiger partial charge in [0.05, 0.1) is 4.92 Å². The maximum atomic E-state index is 10.6. The van der Waals surface area contributed by atoms with Gasteiger partial charge < -0.3 is 10.4 Å². The van der Waals surface area contributed by atoms with Crippen LogP contribution in [-0.4, -0.2) is 23.2 Å². The molecule has 0 unspecified atom stereocenters. The Morgan fingerprint density at radius 3 is 2.82 bits per heavy atom. The normalized spacial score (nSPS) is 16.8. The average molecular weight is 236 g/mol. The predicted molar refractivity (Wildman–Crippen MR) is 63.6 cm³/mol. The van der Waals surface area contributed by atoms with Crippen molar-refractivity contribution in [1.82, 2.24) is 5.32 Å². The summed E-state index contributed by atoms with van der Waals surface area (Å²) in [6.45, 7) is 1.59. The molecule has 0 heterocycles. The Morgan fingerprint density at radius 2 is 2.24 bits per heavy atom. The number of nitrogens with zero attached hydrogens (tertiary/aromatic N) is 1. The van der Waals surface area contributed by atoms with Crippen molar-refractivity contribution in [1.29, 1.82) is 0 Å². The molecular weight excluding hydrogens is 220 g/mol. The SMILES string of the molecule is O=[N+]([O-])c1cccc(CNCC2(CO)CC2)c1. The monoisotopic (exact) mass is 236 g/mol. The van der Waals surface area contributed by atoms with Crippen LogP contribution in [0.5, 0.6) is 0 Å². The van der Waals surface area contributed by atoms with E-state index < -0.39 is 0 Å². The van der Waals surface area contributed by atoms with Gasteiger partial charge in [0.1, 0.15) is 0 Å². The second kappa shape index (κ2) is 4.81. The molecule has 0 atom stereocenters. The highest BCUT2D eigenvalue weighted by atomic mass is 16.6. The molecule has 92 valence electrons. The van der Waals surface area contributed by atoms with E-state index in [9.17, 15) is 10.1 Å². The highest BCUT2D eigenvalue weighted by Gasteiger charge is 2.41. The number of nitrogens with one attached hydrogen (secondary N) is 1. The van der Waals surface area contributed by atoms with Crippen molar-refractivity contribution in [2.24, 2.45) is 5.41 Å². The minimum atomic E-state index is -0.389. The highest BCUT2D eigenvalue weighted by molar-refractivity contribution is 5.34. The number of aliphatic hydroxyl groups excluding tert-OH is 1. The summed E-state index contributed by atoms with van der Waals surface area (Å²) < 4.78 is 0. The predicted octanol–water partition coefficient (Wildman–Crippen LogP) is 1.46. The molecule has 1 aliphatic rings. The first-order valence-electron chi connectivity index (χ1n) is 5.70. The Hall–Kier alpha value is -1.46. The molecule has 5 nitrogen and oxygen atoms in total. The minimum absolute atomic E-state index is 0.0702. The fourth-order valence-electron chi connectivity index (χ4n) is 1.82. The van der Waals surface area contributed by atoms with Gasteiger partial charge in [-0.2, -0.15) is 0 Å². The van der Waals surface area contributed by atoms with Gasteiger partial charge in [0.2, 0.25) is 0 Å². The van der Waals surface area contributed by atoms with Gasteiger partial charge in [0.25, 0.3) is 5.69 Å². The molecule has 0 aliphatic heterocycles. The summed E-state index contributed by atoms with van der Waals surface area (Å²) in [6.07, 6.45) is 2.12. The summed E-state index contributed by atoms with van der Waals surface area (Å²) in [5.41, 5.74) is 1.08. The van der Waals surface area contributed by atoms with Gasteiger partial charge in [-0.15, -0.1) is 0 Å². The van der Waals surface area contributed by atoms with E-state index in [1.54, 1.807) is 12.1 Å².